The zero-order chi connectivity index (χ0) is 13.9. The minimum Gasteiger partial charge on any atom is -0.389 e. The zero-order valence-electron chi connectivity index (χ0n) is 11.5. The highest BCUT2D eigenvalue weighted by molar-refractivity contribution is 5.41. The molecule has 1 aliphatic heterocycles. The fourth-order valence-electron chi connectivity index (χ4n) is 2.33. The van der Waals surface area contributed by atoms with Gasteiger partial charge in [0.1, 0.15) is 5.82 Å². The van der Waals surface area contributed by atoms with Crippen LogP contribution in [0.2, 0.25) is 0 Å². The lowest BCUT2D eigenvalue weighted by molar-refractivity contribution is -0.0573. The van der Waals surface area contributed by atoms with Gasteiger partial charge in [-0.15, -0.1) is 0 Å². The van der Waals surface area contributed by atoms with E-state index in [4.69, 9.17) is 4.74 Å². The maximum atomic E-state index is 10.5. The predicted octanol–water partition coefficient (Wildman–Crippen LogP) is 1.11. The van der Waals surface area contributed by atoms with Crippen molar-refractivity contribution in [3.8, 4) is 0 Å². The number of hydrogen-bond acceptors (Lipinski definition) is 5. The minimum atomic E-state index is -0.713. The molecule has 5 nitrogen and oxygen atoms in total. The molecule has 2 N–H and O–H groups in total. The molecule has 2 heterocycles. The smallest absolute Gasteiger partial charge is 0.128 e. The molecule has 0 aromatic carbocycles. The van der Waals surface area contributed by atoms with Crippen molar-refractivity contribution in [1.82, 2.24) is 4.98 Å². The summed E-state index contributed by atoms with van der Waals surface area (Å²) in [5, 5.41) is 20.1. The van der Waals surface area contributed by atoms with Gasteiger partial charge >= 0.3 is 0 Å². The highest BCUT2D eigenvalue weighted by atomic mass is 16.5. The number of aliphatic hydroxyl groups excluding tert-OH is 1. The van der Waals surface area contributed by atoms with Crippen LogP contribution in [0.1, 0.15) is 31.4 Å². The number of hydrogen-bond donors (Lipinski definition) is 2. The molecule has 0 aliphatic carbocycles. The van der Waals surface area contributed by atoms with E-state index in [0.29, 0.717) is 32.6 Å². The number of ether oxygens (including phenoxy) is 1. The van der Waals surface area contributed by atoms with Crippen molar-refractivity contribution in [3.05, 3.63) is 23.9 Å². The van der Waals surface area contributed by atoms with Crippen molar-refractivity contribution in [1.29, 1.82) is 0 Å². The molecule has 0 spiro atoms. The van der Waals surface area contributed by atoms with Crippen molar-refractivity contribution in [3.63, 3.8) is 0 Å². The molecule has 106 valence electrons. The molecule has 5 heteroatoms. The summed E-state index contributed by atoms with van der Waals surface area (Å²) >= 11 is 0. The van der Waals surface area contributed by atoms with E-state index in [1.54, 1.807) is 19.2 Å². The molecule has 0 saturated carbocycles. The van der Waals surface area contributed by atoms with E-state index in [9.17, 15) is 10.2 Å². The second-order valence-corrected chi connectivity index (χ2v) is 5.32. The van der Waals surface area contributed by atoms with Gasteiger partial charge in [0.15, 0.2) is 0 Å². The maximum Gasteiger partial charge on any atom is 0.128 e. The molecular weight excluding hydrogens is 244 g/mol. The lowest BCUT2D eigenvalue weighted by Gasteiger charge is -2.35. The Morgan fingerprint density at radius 3 is 2.79 bits per heavy atom. The summed E-state index contributed by atoms with van der Waals surface area (Å²) in [5.74, 6) is 0.762. The van der Waals surface area contributed by atoms with Crippen molar-refractivity contribution in [2.45, 2.75) is 31.5 Å². The second-order valence-electron chi connectivity index (χ2n) is 5.32. The topological polar surface area (TPSA) is 65.8 Å². The predicted molar refractivity (Wildman–Crippen MR) is 73.1 cm³/mol. The van der Waals surface area contributed by atoms with Gasteiger partial charge in [0, 0.05) is 45.8 Å². The molecule has 2 rings (SSSR count). The summed E-state index contributed by atoms with van der Waals surface area (Å²) in [7, 11) is 1.90. The summed E-state index contributed by atoms with van der Waals surface area (Å²) in [6, 6.07) is 3.65. The van der Waals surface area contributed by atoms with Crippen LogP contribution in [-0.4, -0.2) is 47.6 Å². The number of likely N-dealkylation sites (N-methyl/N-ethyl adjacent to an activating group) is 1. The van der Waals surface area contributed by atoms with Crippen LogP contribution in [0.15, 0.2) is 18.3 Å². The van der Waals surface area contributed by atoms with Crippen molar-refractivity contribution < 1.29 is 14.9 Å². The third kappa shape index (κ3) is 3.65. The fourth-order valence-corrected chi connectivity index (χ4v) is 2.33. The standard InChI is InChI=1S/C14H22N2O3/c1-11(17)12-3-6-15-13(9-12)16(2)10-14(18)4-7-19-8-5-14/h3,6,9,11,17-18H,4-5,7-8,10H2,1-2H3. The Kier molecular flexibility index (Phi) is 4.39. The first kappa shape index (κ1) is 14.2. The van der Waals surface area contributed by atoms with Gasteiger partial charge in [-0.1, -0.05) is 0 Å². The molecule has 1 aromatic rings. The van der Waals surface area contributed by atoms with E-state index in [2.05, 4.69) is 4.98 Å². The van der Waals surface area contributed by atoms with Gasteiger partial charge in [-0.25, -0.2) is 4.98 Å². The molecule has 1 atom stereocenters. The summed E-state index contributed by atoms with van der Waals surface area (Å²) in [6.07, 6.45) is 2.46. The molecule has 0 radical (unpaired) electrons. The molecule has 1 saturated heterocycles. The number of nitrogens with zero attached hydrogens (tertiary/aromatic N) is 2. The Hall–Kier alpha value is -1.17. The highest BCUT2D eigenvalue weighted by Crippen LogP contribution is 2.24. The van der Waals surface area contributed by atoms with Crippen LogP contribution >= 0.6 is 0 Å². The molecule has 19 heavy (non-hydrogen) atoms. The third-order valence-corrected chi connectivity index (χ3v) is 3.60. The van der Waals surface area contributed by atoms with E-state index in [0.717, 1.165) is 11.4 Å². The number of rotatable bonds is 4. The van der Waals surface area contributed by atoms with Crippen LogP contribution in [0.5, 0.6) is 0 Å². The van der Waals surface area contributed by atoms with Crippen molar-refractivity contribution in [2.75, 3.05) is 31.7 Å². The van der Waals surface area contributed by atoms with E-state index < -0.39 is 11.7 Å². The van der Waals surface area contributed by atoms with Crippen LogP contribution in [0.3, 0.4) is 0 Å². The fraction of sp³-hybridized carbons (Fsp3) is 0.643. The van der Waals surface area contributed by atoms with Crippen LogP contribution in [0, 0.1) is 0 Å². The van der Waals surface area contributed by atoms with Gasteiger partial charge in [-0.05, 0) is 24.6 Å². The summed E-state index contributed by atoms with van der Waals surface area (Å²) < 4.78 is 5.28. The zero-order valence-corrected chi connectivity index (χ0v) is 11.5. The van der Waals surface area contributed by atoms with Gasteiger partial charge in [-0.2, -0.15) is 0 Å². The van der Waals surface area contributed by atoms with E-state index in [1.165, 1.54) is 0 Å². The van der Waals surface area contributed by atoms with E-state index in [-0.39, 0.29) is 0 Å². The van der Waals surface area contributed by atoms with Crippen molar-refractivity contribution >= 4 is 5.82 Å². The van der Waals surface area contributed by atoms with Gasteiger partial charge in [0.2, 0.25) is 0 Å². The lowest BCUT2D eigenvalue weighted by atomic mass is 9.94. The molecule has 1 aliphatic rings. The lowest BCUT2D eigenvalue weighted by Crippen LogP contribution is -2.46. The Bertz CT molecular complexity index is 417. The Morgan fingerprint density at radius 1 is 1.47 bits per heavy atom. The van der Waals surface area contributed by atoms with Crippen LogP contribution < -0.4 is 4.90 Å². The molecule has 1 aromatic heterocycles. The SMILES string of the molecule is CC(O)c1ccnc(N(C)CC2(O)CCOCC2)c1. The van der Waals surface area contributed by atoms with Crippen LogP contribution in [-0.2, 0) is 4.74 Å². The quantitative estimate of drug-likeness (QED) is 0.854. The normalized spacial score (nSPS) is 20.0. The Balaban J connectivity index is 2.06. The van der Waals surface area contributed by atoms with Gasteiger partial charge < -0.3 is 19.8 Å². The number of aliphatic hydroxyl groups is 2. The average molecular weight is 266 g/mol. The minimum absolute atomic E-state index is 0.513. The highest BCUT2D eigenvalue weighted by Gasteiger charge is 2.31. The maximum absolute atomic E-state index is 10.5. The number of anilines is 1. The summed E-state index contributed by atoms with van der Waals surface area (Å²) in [6.45, 7) is 3.45. The molecule has 0 bridgehead atoms. The van der Waals surface area contributed by atoms with Crippen LogP contribution in [0.25, 0.3) is 0 Å². The largest absolute Gasteiger partial charge is 0.389 e. The molecule has 1 fully saturated rings. The molecule has 0 amide bonds. The summed E-state index contributed by atoms with van der Waals surface area (Å²) in [5.41, 5.74) is 0.117. The Morgan fingerprint density at radius 2 is 2.16 bits per heavy atom. The van der Waals surface area contributed by atoms with E-state index >= 15 is 0 Å². The monoisotopic (exact) mass is 266 g/mol. The first-order valence-electron chi connectivity index (χ1n) is 6.65. The number of aromatic nitrogens is 1. The first-order chi connectivity index (χ1) is 9.00. The summed E-state index contributed by atoms with van der Waals surface area (Å²) in [4.78, 5) is 6.22. The van der Waals surface area contributed by atoms with Crippen LogP contribution in [0.4, 0.5) is 5.82 Å². The second kappa shape index (κ2) is 5.86. The van der Waals surface area contributed by atoms with Gasteiger partial charge in [0.25, 0.3) is 0 Å². The first-order valence-corrected chi connectivity index (χ1v) is 6.65. The van der Waals surface area contributed by atoms with Crippen molar-refractivity contribution in [2.24, 2.45) is 0 Å². The van der Waals surface area contributed by atoms with Gasteiger partial charge in [-0.3, -0.25) is 0 Å². The van der Waals surface area contributed by atoms with E-state index in [1.807, 2.05) is 18.0 Å². The Labute approximate surface area is 113 Å². The number of pyridine rings is 1. The molecule has 1 unspecified atom stereocenters. The average Bonchev–Trinajstić information content (AvgIpc) is 2.39. The third-order valence-electron chi connectivity index (χ3n) is 3.60. The van der Waals surface area contributed by atoms with Gasteiger partial charge in [0.05, 0.1) is 11.7 Å². The molecular formula is C14H22N2O3.